The van der Waals surface area contributed by atoms with Crippen molar-refractivity contribution in [2.75, 3.05) is 51.7 Å². The highest BCUT2D eigenvalue weighted by molar-refractivity contribution is 7.91. The Hall–Kier alpha value is -1.75. The van der Waals surface area contributed by atoms with Crippen LogP contribution in [-0.4, -0.2) is 92.1 Å². The van der Waals surface area contributed by atoms with Crippen molar-refractivity contribution < 1.29 is 18.3 Å². The number of amides is 1. The first kappa shape index (κ1) is 22.4. The minimum Gasteiger partial charge on any atom is -0.382 e. The minimum absolute atomic E-state index is 0.0802. The summed E-state index contributed by atoms with van der Waals surface area (Å²) in [5, 5.41) is 20.3. The lowest BCUT2D eigenvalue weighted by Crippen LogP contribution is -2.59. The van der Waals surface area contributed by atoms with Crippen LogP contribution in [0.3, 0.4) is 0 Å². The minimum atomic E-state index is -3.83. The van der Waals surface area contributed by atoms with Gasteiger partial charge in [0.2, 0.25) is 0 Å². The maximum atomic E-state index is 12.8. The fourth-order valence-electron chi connectivity index (χ4n) is 4.09. The number of hydrazine groups is 1. The summed E-state index contributed by atoms with van der Waals surface area (Å²) in [7, 11) is -3.83. The number of sulfone groups is 1. The molecule has 0 saturated carbocycles. The number of hydrogen-bond donors (Lipinski definition) is 2. The molecule has 1 amide bonds. The lowest BCUT2D eigenvalue weighted by atomic mass is 10.1. The van der Waals surface area contributed by atoms with Crippen molar-refractivity contribution in [3.63, 3.8) is 0 Å². The molecule has 0 aromatic heterocycles. The van der Waals surface area contributed by atoms with Crippen molar-refractivity contribution in [2.24, 2.45) is 0 Å². The molecule has 8 nitrogen and oxygen atoms in total. The number of rotatable bonds is 5. The Morgan fingerprint density at radius 2 is 1.74 bits per heavy atom. The van der Waals surface area contributed by atoms with Gasteiger partial charge in [0.15, 0.2) is 9.84 Å². The van der Waals surface area contributed by atoms with Crippen LogP contribution in [0.2, 0.25) is 5.02 Å². The molecular formula is C21H27ClN4O4S. The number of nitrogens with one attached hydrogen (secondary N) is 1. The first-order chi connectivity index (χ1) is 14.8. The maximum absolute atomic E-state index is 12.8. The lowest BCUT2D eigenvalue weighted by Gasteiger charge is -2.43. The van der Waals surface area contributed by atoms with Crippen LogP contribution in [0.5, 0.6) is 0 Å². The van der Waals surface area contributed by atoms with Gasteiger partial charge in [-0.25, -0.2) is 18.4 Å². The molecule has 2 aliphatic heterocycles. The Bertz CT molecular complexity index is 1050. The number of fused-ring (bicyclic) bond motifs is 1. The van der Waals surface area contributed by atoms with Crippen LogP contribution in [0.1, 0.15) is 6.42 Å². The molecule has 2 aromatic carbocycles. The quantitative estimate of drug-likeness (QED) is 0.677. The molecule has 2 aromatic rings. The van der Waals surface area contributed by atoms with Crippen LogP contribution in [0.4, 0.5) is 0 Å². The molecule has 4 rings (SSSR count). The fraction of sp³-hybridized carbons (Fsp3) is 0.476. The van der Waals surface area contributed by atoms with E-state index in [1.165, 1.54) is 6.07 Å². The number of benzene rings is 2. The Balaban J connectivity index is 1.37. The third-order valence-electron chi connectivity index (χ3n) is 5.83. The SMILES string of the molecule is O=C([C@H](O)CS(=O)(=O)c1ccc2cc(Cl)ccc2c1)N1CCN(N2CCCNC2)CC1. The Morgan fingerprint density at radius 3 is 2.45 bits per heavy atom. The van der Waals surface area contributed by atoms with Crippen LogP contribution >= 0.6 is 11.6 Å². The molecule has 31 heavy (non-hydrogen) atoms. The number of aliphatic hydroxyl groups is 1. The van der Waals surface area contributed by atoms with Crippen molar-refractivity contribution in [3.8, 4) is 0 Å². The number of halogens is 1. The number of hydrogen-bond acceptors (Lipinski definition) is 7. The van der Waals surface area contributed by atoms with Crippen LogP contribution in [0.15, 0.2) is 41.3 Å². The van der Waals surface area contributed by atoms with Gasteiger partial charge in [0.25, 0.3) is 5.91 Å². The van der Waals surface area contributed by atoms with E-state index in [4.69, 9.17) is 11.6 Å². The Labute approximate surface area is 187 Å². The molecule has 0 spiro atoms. The molecule has 10 heteroatoms. The fourth-order valence-corrected chi connectivity index (χ4v) is 5.60. The molecule has 0 unspecified atom stereocenters. The van der Waals surface area contributed by atoms with E-state index in [0.717, 1.165) is 37.0 Å². The van der Waals surface area contributed by atoms with Gasteiger partial charge in [0.1, 0.15) is 6.10 Å². The summed E-state index contributed by atoms with van der Waals surface area (Å²) in [5.74, 6) is -1.17. The second kappa shape index (κ2) is 9.40. The first-order valence-electron chi connectivity index (χ1n) is 10.4. The van der Waals surface area contributed by atoms with Gasteiger partial charge < -0.3 is 15.3 Å². The van der Waals surface area contributed by atoms with E-state index in [9.17, 15) is 18.3 Å². The van der Waals surface area contributed by atoms with Crippen molar-refractivity contribution in [1.82, 2.24) is 20.2 Å². The summed E-state index contributed by atoms with van der Waals surface area (Å²) in [6.07, 6.45) is -0.508. The highest BCUT2D eigenvalue weighted by atomic mass is 35.5. The van der Waals surface area contributed by atoms with E-state index in [1.807, 2.05) is 0 Å². The monoisotopic (exact) mass is 466 g/mol. The molecule has 2 N–H and O–H groups in total. The van der Waals surface area contributed by atoms with Gasteiger partial charge in [-0.15, -0.1) is 0 Å². The number of aliphatic hydroxyl groups excluding tert-OH is 1. The molecular weight excluding hydrogens is 440 g/mol. The van der Waals surface area contributed by atoms with E-state index in [1.54, 1.807) is 35.2 Å². The summed E-state index contributed by atoms with van der Waals surface area (Å²) in [6, 6.07) is 9.90. The molecule has 2 fully saturated rings. The summed E-state index contributed by atoms with van der Waals surface area (Å²) < 4.78 is 25.6. The number of piperazine rings is 1. The second-order valence-corrected chi connectivity index (χ2v) is 10.4. The number of nitrogens with zero attached hydrogens (tertiary/aromatic N) is 3. The summed E-state index contributed by atoms with van der Waals surface area (Å²) in [6.45, 7) is 5.06. The van der Waals surface area contributed by atoms with Crippen LogP contribution < -0.4 is 5.32 Å². The zero-order valence-electron chi connectivity index (χ0n) is 17.2. The van der Waals surface area contributed by atoms with E-state index in [2.05, 4.69) is 15.3 Å². The molecule has 2 aliphatic rings. The van der Waals surface area contributed by atoms with Gasteiger partial charge in [-0.2, -0.15) is 0 Å². The van der Waals surface area contributed by atoms with Gasteiger partial charge in [0.05, 0.1) is 17.3 Å². The average molecular weight is 467 g/mol. The largest absolute Gasteiger partial charge is 0.382 e. The van der Waals surface area contributed by atoms with Gasteiger partial charge in [-0.05, 0) is 48.0 Å². The Kier molecular flexibility index (Phi) is 6.80. The molecule has 2 saturated heterocycles. The normalized spacial score (nSPS) is 20.1. The van der Waals surface area contributed by atoms with E-state index in [-0.39, 0.29) is 4.90 Å². The lowest BCUT2D eigenvalue weighted by molar-refractivity contribution is -0.145. The van der Waals surface area contributed by atoms with Crippen LogP contribution in [0.25, 0.3) is 10.8 Å². The smallest absolute Gasteiger partial charge is 0.252 e. The molecule has 0 aliphatic carbocycles. The third-order valence-corrected chi connectivity index (χ3v) is 7.79. The zero-order chi connectivity index (χ0) is 22.0. The van der Waals surface area contributed by atoms with Gasteiger partial charge in [0, 0.05) is 37.7 Å². The summed E-state index contributed by atoms with van der Waals surface area (Å²) >= 11 is 5.98. The van der Waals surface area contributed by atoms with E-state index in [0.29, 0.717) is 31.2 Å². The second-order valence-electron chi connectivity index (χ2n) is 7.97. The van der Waals surface area contributed by atoms with Crippen molar-refractivity contribution in [2.45, 2.75) is 17.4 Å². The maximum Gasteiger partial charge on any atom is 0.252 e. The average Bonchev–Trinajstić information content (AvgIpc) is 2.78. The predicted molar refractivity (Wildman–Crippen MR) is 119 cm³/mol. The van der Waals surface area contributed by atoms with Crippen molar-refractivity contribution >= 4 is 38.1 Å². The number of carbonyl (C=O) groups is 1. The summed E-state index contributed by atoms with van der Waals surface area (Å²) in [4.78, 5) is 14.3. The molecule has 0 radical (unpaired) electrons. The first-order valence-corrected chi connectivity index (χ1v) is 12.5. The summed E-state index contributed by atoms with van der Waals surface area (Å²) in [5.41, 5.74) is 0. The molecule has 1 atom stereocenters. The topological polar surface area (TPSA) is 93.2 Å². The third kappa shape index (κ3) is 5.19. The predicted octanol–water partition coefficient (Wildman–Crippen LogP) is 0.940. The molecule has 168 valence electrons. The zero-order valence-corrected chi connectivity index (χ0v) is 18.8. The van der Waals surface area contributed by atoms with Crippen molar-refractivity contribution in [1.29, 1.82) is 0 Å². The molecule has 0 bridgehead atoms. The van der Waals surface area contributed by atoms with E-state index >= 15 is 0 Å². The standard InChI is InChI=1S/C21H27ClN4O4S/c22-18-4-2-17-13-19(5-3-16(17)12-18)31(29,30)14-20(27)21(28)24-8-10-25(11-9-24)26-7-1-6-23-15-26/h2-5,12-13,20,23,27H,1,6-11,14-15H2/t20-/m1/s1. The van der Waals surface area contributed by atoms with Gasteiger partial charge in [-0.3, -0.25) is 4.79 Å². The van der Waals surface area contributed by atoms with Crippen LogP contribution in [0, 0.1) is 0 Å². The van der Waals surface area contributed by atoms with Gasteiger partial charge >= 0.3 is 0 Å². The van der Waals surface area contributed by atoms with Gasteiger partial charge in [-0.1, -0.05) is 23.7 Å². The van der Waals surface area contributed by atoms with Crippen molar-refractivity contribution in [3.05, 3.63) is 41.4 Å². The highest BCUT2D eigenvalue weighted by Crippen LogP contribution is 2.23. The van der Waals surface area contributed by atoms with E-state index < -0.39 is 27.6 Å². The van der Waals surface area contributed by atoms with Crippen LogP contribution in [-0.2, 0) is 14.6 Å². The highest BCUT2D eigenvalue weighted by Gasteiger charge is 2.31. The number of carbonyl (C=O) groups excluding carboxylic acids is 1. The molecule has 2 heterocycles. The Morgan fingerprint density at radius 1 is 1.03 bits per heavy atom.